The van der Waals surface area contributed by atoms with E-state index >= 15 is 0 Å². The van der Waals surface area contributed by atoms with E-state index in [1.165, 1.54) is 11.3 Å². The Hall–Kier alpha value is -3.06. The lowest BCUT2D eigenvalue weighted by molar-refractivity contribution is 0.0999. The fourth-order valence-electron chi connectivity index (χ4n) is 2.45. The van der Waals surface area contributed by atoms with Crippen LogP contribution in [0.1, 0.15) is 16.1 Å². The van der Waals surface area contributed by atoms with Gasteiger partial charge in [-0.15, -0.1) is 11.3 Å². The monoisotopic (exact) mass is 335 g/mol. The second-order valence-corrected chi connectivity index (χ2v) is 6.03. The van der Waals surface area contributed by atoms with Crippen LogP contribution in [-0.4, -0.2) is 25.4 Å². The number of carbonyl (C=O) groups excluding carboxylic acids is 1. The summed E-state index contributed by atoms with van der Waals surface area (Å²) < 4.78 is 1.91. The normalized spacial score (nSPS) is 11.9. The molecule has 118 valence electrons. The summed E-state index contributed by atoms with van der Waals surface area (Å²) in [5.74, 6) is -0.286. The van der Waals surface area contributed by atoms with Crippen molar-refractivity contribution in [1.29, 1.82) is 0 Å². The molecule has 24 heavy (non-hydrogen) atoms. The van der Waals surface area contributed by atoms with Crippen molar-refractivity contribution in [2.24, 2.45) is 4.99 Å². The Balaban J connectivity index is 1.69. The fraction of sp³-hybridized carbons (Fsp3) is 0.0588. The highest BCUT2D eigenvalue weighted by atomic mass is 32.1. The predicted octanol–water partition coefficient (Wildman–Crippen LogP) is 2.61. The molecule has 0 saturated heterocycles. The third-order valence-electron chi connectivity index (χ3n) is 3.60. The van der Waals surface area contributed by atoms with Gasteiger partial charge in [-0.25, -0.2) is 4.98 Å². The number of hydrogen-bond acceptors (Lipinski definition) is 4. The van der Waals surface area contributed by atoms with Crippen LogP contribution in [0.3, 0.4) is 0 Å². The van der Waals surface area contributed by atoms with Gasteiger partial charge in [0.25, 0.3) is 5.91 Å². The summed E-state index contributed by atoms with van der Waals surface area (Å²) in [4.78, 5) is 29.0. The van der Waals surface area contributed by atoms with Crippen LogP contribution in [-0.2, 0) is 6.54 Å². The number of fused-ring (bicyclic) bond motifs is 1. The van der Waals surface area contributed by atoms with Crippen LogP contribution in [0.5, 0.6) is 0 Å². The van der Waals surface area contributed by atoms with E-state index in [1.54, 1.807) is 24.7 Å². The highest BCUT2D eigenvalue weighted by Gasteiger charge is 2.12. The van der Waals surface area contributed by atoms with Gasteiger partial charge in [0.15, 0.2) is 4.80 Å². The molecule has 1 amide bonds. The van der Waals surface area contributed by atoms with Gasteiger partial charge in [-0.3, -0.25) is 9.78 Å². The van der Waals surface area contributed by atoms with Crippen LogP contribution in [0.25, 0.3) is 11.0 Å². The second-order valence-electron chi connectivity index (χ2n) is 5.15. The van der Waals surface area contributed by atoms with E-state index < -0.39 is 0 Å². The minimum Gasteiger partial charge on any atom is -0.345 e. The number of H-pyrrole nitrogens is 1. The number of nitrogens with zero attached hydrogens (tertiary/aromatic N) is 4. The first-order valence-corrected chi connectivity index (χ1v) is 8.24. The maximum atomic E-state index is 12.6. The summed E-state index contributed by atoms with van der Waals surface area (Å²) in [6.45, 7) is 0.575. The average molecular weight is 335 g/mol. The number of aromatic nitrogens is 4. The van der Waals surface area contributed by atoms with Gasteiger partial charge < -0.3 is 9.55 Å². The number of carbonyl (C=O) groups is 1. The van der Waals surface area contributed by atoms with Gasteiger partial charge in [-0.2, -0.15) is 4.99 Å². The van der Waals surface area contributed by atoms with E-state index in [9.17, 15) is 4.79 Å². The zero-order valence-electron chi connectivity index (χ0n) is 12.6. The standard InChI is InChI=1S/C17H13N5OS/c23-16(14-10-20-15-13(14)5-3-7-19-15)21-17-22(8-9-24-17)11-12-4-1-2-6-18-12/h1-10H,11H2,(H,19,20). The van der Waals surface area contributed by atoms with Gasteiger partial charge in [-0.1, -0.05) is 6.07 Å². The Morgan fingerprint density at radius 1 is 1.21 bits per heavy atom. The minimum absolute atomic E-state index is 0.286. The number of rotatable bonds is 3. The molecule has 4 aromatic heterocycles. The highest BCUT2D eigenvalue weighted by Crippen LogP contribution is 2.16. The molecule has 0 saturated carbocycles. The van der Waals surface area contributed by atoms with Gasteiger partial charge in [0.05, 0.1) is 17.8 Å². The molecule has 4 aromatic rings. The van der Waals surface area contributed by atoms with Crippen molar-refractivity contribution in [3.8, 4) is 0 Å². The SMILES string of the molecule is O=C(N=c1sccn1Cc1ccccn1)c1c[nH]c2ncccc12. The molecule has 0 unspecified atom stereocenters. The third kappa shape index (κ3) is 2.77. The van der Waals surface area contributed by atoms with Crippen molar-refractivity contribution in [2.45, 2.75) is 6.54 Å². The smallest absolute Gasteiger partial charge is 0.281 e. The van der Waals surface area contributed by atoms with E-state index in [4.69, 9.17) is 0 Å². The first-order chi connectivity index (χ1) is 11.8. The van der Waals surface area contributed by atoms with Crippen LogP contribution in [0.4, 0.5) is 0 Å². The average Bonchev–Trinajstić information content (AvgIpc) is 3.23. The Bertz CT molecular complexity index is 1060. The van der Waals surface area contributed by atoms with Crippen molar-refractivity contribution in [3.05, 3.63) is 76.6 Å². The first-order valence-electron chi connectivity index (χ1n) is 7.36. The van der Waals surface area contributed by atoms with Gasteiger partial charge >= 0.3 is 0 Å². The molecule has 0 fully saturated rings. The van der Waals surface area contributed by atoms with Gasteiger partial charge in [0.1, 0.15) is 5.65 Å². The Labute approximate surface area is 141 Å². The molecule has 0 aliphatic heterocycles. The molecule has 0 aliphatic rings. The minimum atomic E-state index is -0.286. The first kappa shape index (κ1) is 14.5. The molecule has 0 radical (unpaired) electrons. The molecule has 0 aromatic carbocycles. The number of aromatic amines is 1. The lowest BCUT2D eigenvalue weighted by Crippen LogP contribution is -2.17. The predicted molar refractivity (Wildman–Crippen MR) is 91.6 cm³/mol. The van der Waals surface area contributed by atoms with Crippen molar-refractivity contribution < 1.29 is 4.79 Å². The molecule has 0 aliphatic carbocycles. The number of pyridine rings is 2. The lowest BCUT2D eigenvalue weighted by Gasteiger charge is -2.01. The van der Waals surface area contributed by atoms with E-state index in [0.717, 1.165) is 11.1 Å². The molecule has 7 heteroatoms. The molecular weight excluding hydrogens is 322 g/mol. The van der Waals surface area contributed by atoms with Gasteiger partial charge in [0.2, 0.25) is 0 Å². The van der Waals surface area contributed by atoms with Crippen molar-refractivity contribution in [3.63, 3.8) is 0 Å². The highest BCUT2D eigenvalue weighted by molar-refractivity contribution is 7.07. The van der Waals surface area contributed by atoms with Crippen LogP contribution in [0.2, 0.25) is 0 Å². The summed E-state index contributed by atoms with van der Waals surface area (Å²) in [6, 6.07) is 9.43. The Morgan fingerprint density at radius 2 is 2.12 bits per heavy atom. The zero-order valence-corrected chi connectivity index (χ0v) is 13.4. The van der Waals surface area contributed by atoms with E-state index in [0.29, 0.717) is 22.6 Å². The molecule has 4 rings (SSSR count). The topological polar surface area (TPSA) is 75.9 Å². The van der Waals surface area contributed by atoms with Gasteiger partial charge in [-0.05, 0) is 24.3 Å². The quantitative estimate of drug-likeness (QED) is 0.625. The van der Waals surface area contributed by atoms with Crippen LogP contribution < -0.4 is 4.80 Å². The largest absolute Gasteiger partial charge is 0.345 e. The second kappa shape index (κ2) is 6.21. The molecule has 1 N–H and O–H groups in total. The van der Waals surface area contributed by atoms with E-state index in [1.807, 2.05) is 40.4 Å². The van der Waals surface area contributed by atoms with Crippen molar-refractivity contribution in [2.75, 3.05) is 0 Å². The van der Waals surface area contributed by atoms with Crippen molar-refractivity contribution >= 4 is 28.3 Å². The van der Waals surface area contributed by atoms with Crippen LogP contribution in [0, 0.1) is 0 Å². The summed E-state index contributed by atoms with van der Waals surface area (Å²) in [7, 11) is 0. The molecular formula is C17H13N5OS. The van der Waals surface area contributed by atoms with E-state index in [-0.39, 0.29) is 5.91 Å². The van der Waals surface area contributed by atoms with Crippen LogP contribution in [0.15, 0.2) is 65.5 Å². The summed E-state index contributed by atoms with van der Waals surface area (Å²) >= 11 is 1.42. The number of amides is 1. The van der Waals surface area contributed by atoms with Crippen LogP contribution >= 0.6 is 11.3 Å². The number of nitrogens with one attached hydrogen (secondary N) is 1. The summed E-state index contributed by atoms with van der Waals surface area (Å²) in [5.41, 5.74) is 2.13. The molecule has 6 nitrogen and oxygen atoms in total. The molecule has 0 atom stereocenters. The maximum Gasteiger partial charge on any atom is 0.281 e. The molecule has 0 spiro atoms. The van der Waals surface area contributed by atoms with E-state index in [2.05, 4.69) is 19.9 Å². The van der Waals surface area contributed by atoms with Gasteiger partial charge in [0, 0.05) is 35.6 Å². The fourth-order valence-corrected chi connectivity index (χ4v) is 3.18. The lowest BCUT2D eigenvalue weighted by atomic mass is 10.2. The number of hydrogen-bond donors (Lipinski definition) is 1. The summed E-state index contributed by atoms with van der Waals surface area (Å²) in [6.07, 6.45) is 7.00. The Morgan fingerprint density at radius 3 is 3.00 bits per heavy atom. The summed E-state index contributed by atoms with van der Waals surface area (Å²) in [5, 5.41) is 2.69. The maximum absolute atomic E-state index is 12.6. The Kier molecular flexibility index (Phi) is 3.76. The zero-order chi connectivity index (χ0) is 16.4. The molecule has 0 bridgehead atoms. The number of thiazole rings is 1. The third-order valence-corrected chi connectivity index (χ3v) is 4.39. The molecule has 4 heterocycles. The van der Waals surface area contributed by atoms with Crippen molar-refractivity contribution in [1.82, 2.24) is 19.5 Å².